The van der Waals surface area contributed by atoms with Crippen molar-refractivity contribution in [3.63, 3.8) is 0 Å². The Morgan fingerprint density at radius 3 is 2.70 bits per heavy atom. The van der Waals surface area contributed by atoms with Gasteiger partial charge in [-0.2, -0.15) is 12.6 Å². The highest BCUT2D eigenvalue weighted by Gasteiger charge is 2.56. The van der Waals surface area contributed by atoms with Crippen LogP contribution in [0.5, 0.6) is 0 Å². The van der Waals surface area contributed by atoms with Crippen molar-refractivity contribution < 1.29 is 5.11 Å². The normalized spacial score (nSPS) is 45.5. The second-order valence-corrected chi connectivity index (χ2v) is 12.8. The van der Waals surface area contributed by atoms with Crippen LogP contribution in [0, 0.1) is 40.9 Å². The molecule has 2 heteroatoms. The molecule has 0 aromatic heterocycles. The molecule has 154 valence electrons. The molecule has 0 aromatic rings. The molecule has 0 aromatic carbocycles. The summed E-state index contributed by atoms with van der Waals surface area (Å²) in [7, 11) is 0. The number of hydrogen-bond acceptors (Lipinski definition) is 2. The smallest absolute Gasteiger partial charge is 0.0577 e. The topological polar surface area (TPSA) is 20.2 Å². The zero-order valence-corrected chi connectivity index (χ0v) is 19.0. The maximum Gasteiger partial charge on any atom is 0.0577 e. The predicted octanol–water partition coefficient (Wildman–Crippen LogP) is 6.66. The van der Waals surface area contributed by atoms with Crippen molar-refractivity contribution in [1.29, 1.82) is 0 Å². The predicted molar refractivity (Wildman–Crippen MR) is 118 cm³/mol. The Hall–Kier alpha value is 0.0500. The molecule has 1 nitrogen and oxygen atoms in total. The van der Waals surface area contributed by atoms with Crippen LogP contribution in [0.25, 0.3) is 0 Å². The van der Waals surface area contributed by atoms with Crippen molar-refractivity contribution in [3.8, 4) is 0 Å². The van der Waals surface area contributed by atoms with E-state index in [2.05, 4.69) is 33.8 Å². The fraction of sp³-hybridized carbons (Fsp3) is 0.920. The van der Waals surface area contributed by atoms with Gasteiger partial charge in [-0.25, -0.2) is 0 Å². The molecule has 0 saturated heterocycles. The van der Waals surface area contributed by atoms with Crippen LogP contribution in [-0.2, 0) is 0 Å². The minimum absolute atomic E-state index is 0.0642. The van der Waals surface area contributed by atoms with Gasteiger partial charge in [0.25, 0.3) is 0 Å². The van der Waals surface area contributed by atoms with E-state index in [1.54, 1.807) is 5.57 Å². The lowest BCUT2D eigenvalue weighted by atomic mass is 9.51. The number of fused-ring (bicyclic) bond motifs is 5. The van der Waals surface area contributed by atoms with Gasteiger partial charge in [0.05, 0.1) is 6.10 Å². The molecular weight excluding hydrogens is 348 g/mol. The van der Waals surface area contributed by atoms with Crippen LogP contribution >= 0.6 is 12.6 Å². The lowest BCUT2D eigenvalue weighted by Gasteiger charge is -2.54. The van der Waals surface area contributed by atoms with Crippen LogP contribution in [0.4, 0.5) is 0 Å². The molecule has 8 unspecified atom stereocenters. The minimum atomic E-state index is -0.0642. The first-order valence-corrected chi connectivity index (χ1v) is 12.2. The van der Waals surface area contributed by atoms with Gasteiger partial charge in [-0.15, -0.1) is 0 Å². The molecule has 0 amide bonds. The Bertz CT molecular complexity index is 575. The first-order valence-electron chi connectivity index (χ1n) is 11.8. The molecule has 0 aliphatic heterocycles. The molecule has 0 spiro atoms. The third-order valence-corrected chi connectivity index (χ3v) is 9.62. The molecule has 4 aliphatic rings. The second-order valence-electron chi connectivity index (χ2n) is 11.5. The van der Waals surface area contributed by atoms with E-state index < -0.39 is 0 Å². The number of aliphatic hydroxyl groups is 1. The van der Waals surface area contributed by atoms with E-state index in [-0.39, 0.29) is 10.9 Å². The average molecular weight is 391 g/mol. The zero-order valence-electron chi connectivity index (χ0n) is 18.1. The summed E-state index contributed by atoms with van der Waals surface area (Å²) in [6.45, 7) is 9.73. The Kier molecular flexibility index (Phi) is 5.56. The molecule has 3 saturated carbocycles. The molecule has 0 radical (unpaired) electrons. The van der Waals surface area contributed by atoms with Gasteiger partial charge in [0, 0.05) is 4.75 Å². The van der Waals surface area contributed by atoms with Crippen LogP contribution in [0.15, 0.2) is 11.6 Å². The molecule has 1 N–H and O–H groups in total. The Morgan fingerprint density at radius 1 is 1.19 bits per heavy atom. The summed E-state index contributed by atoms with van der Waals surface area (Å²) in [4.78, 5) is 0. The monoisotopic (exact) mass is 390 g/mol. The molecule has 27 heavy (non-hydrogen) atoms. The Balaban J connectivity index is 1.48. The minimum Gasteiger partial charge on any atom is -0.393 e. The summed E-state index contributed by atoms with van der Waals surface area (Å²) in [6, 6.07) is 0. The maximum atomic E-state index is 10.1. The number of allylic oxidation sites excluding steroid dienone is 1. The SMILES string of the molecule is CC(CCC(C)(C)S)C1CCC2C3CC=C4CC(O)CCC4C3CCC12C. The van der Waals surface area contributed by atoms with Gasteiger partial charge in [0.2, 0.25) is 0 Å². The van der Waals surface area contributed by atoms with Gasteiger partial charge in [-0.1, -0.05) is 39.3 Å². The molecule has 0 bridgehead atoms. The van der Waals surface area contributed by atoms with Gasteiger partial charge in [0.1, 0.15) is 0 Å². The number of aliphatic hydroxyl groups excluding tert-OH is 1. The molecular formula is C25H42OS. The van der Waals surface area contributed by atoms with Crippen molar-refractivity contribution in [2.45, 2.75) is 103 Å². The quantitative estimate of drug-likeness (QED) is 0.406. The highest BCUT2D eigenvalue weighted by atomic mass is 32.1. The van der Waals surface area contributed by atoms with Gasteiger partial charge in [-0.3, -0.25) is 0 Å². The summed E-state index contributed by atoms with van der Waals surface area (Å²) >= 11 is 4.77. The summed E-state index contributed by atoms with van der Waals surface area (Å²) in [5.74, 6) is 5.34. The first kappa shape index (κ1) is 20.3. The molecule has 8 atom stereocenters. The van der Waals surface area contributed by atoms with Crippen LogP contribution in [0.2, 0.25) is 0 Å². The van der Waals surface area contributed by atoms with Gasteiger partial charge >= 0.3 is 0 Å². The average Bonchev–Trinajstić information content (AvgIpc) is 2.96. The second kappa shape index (κ2) is 7.38. The van der Waals surface area contributed by atoms with Crippen LogP contribution in [-0.4, -0.2) is 16.0 Å². The van der Waals surface area contributed by atoms with Crippen molar-refractivity contribution in [1.82, 2.24) is 0 Å². The third-order valence-electron chi connectivity index (χ3n) is 9.39. The molecule has 4 aliphatic carbocycles. The molecule has 4 rings (SSSR count). The zero-order chi connectivity index (χ0) is 19.4. The Morgan fingerprint density at radius 2 is 1.96 bits per heavy atom. The van der Waals surface area contributed by atoms with Crippen LogP contribution in [0.3, 0.4) is 0 Å². The van der Waals surface area contributed by atoms with E-state index >= 15 is 0 Å². The van der Waals surface area contributed by atoms with E-state index in [0.717, 1.165) is 48.3 Å². The summed E-state index contributed by atoms with van der Waals surface area (Å²) < 4.78 is 0.168. The fourth-order valence-corrected chi connectivity index (χ4v) is 8.14. The van der Waals surface area contributed by atoms with Crippen LogP contribution < -0.4 is 0 Å². The van der Waals surface area contributed by atoms with Crippen LogP contribution in [0.1, 0.15) is 91.9 Å². The first-order chi connectivity index (χ1) is 12.7. The largest absolute Gasteiger partial charge is 0.393 e. The van der Waals surface area contributed by atoms with Crippen molar-refractivity contribution in [2.24, 2.45) is 40.9 Å². The van der Waals surface area contributed by atoms with E-state index in [9.17, 15) is 5.11 Å². The Labute approximate surface area is 173 Å². The standard InChI is InChI=1S/C25H42OS/c1-16(11-13-24(2,3)27)22-9-10-23-21-7-5-17-15-18(26)6-8-19(17)20(21)12-14-25(22,23)4/h5,16,18-23,26-27H,6-15H2,1-4H3. The summed E-state index contributed by atoms with van der Waals surface area (Å²) in [5.41, 5.74) is 2.19. The lowest BCUT2D eigenvalue weighted by molar-refractivity contribution is -0.0295. The van der Waals surface area contributed by atoms with E-state index in [4.69, 9.17) is 12.6 Å². The van der Waals surface area contributed by atoms with Crippen molar-refractivity contribution in [3.05, 3.63) is 11.6 Å². The maximum absolute atomic E-state index is 10.1. The molecule has 0 heterocycles. The molecule has 3 fully saturated rings. The van der Waals surface area contributed by atoms with Gasteiger partial charge in [0.15, 0.2) is 0 Å². The lowest BCUT2D eigenvalue weighted by Crippen LogP contribution is -2.47. The summed E-state index contributed by atoms with van der Waals surface area (Å²) in [6.07, 6.45) is 15.4. The third kappa shape index (κ3) is 3.79. The van der Waals surface area contributed by atoms with Gasteiger partial charge < -0.3 is 5.11 Å². The fourth-order valence-electron chi connectivity index (χ4n) is 8.01. The number of thiol groups is 1. The van der Waals surface area contributed by atoms with Gasteiger partial charge in [-0.05, 0) is 105 Å². The van der Waals surface area contributed by atoms with Crippen molar-refractivity contribution >= 4 is 12.6 Å². The number of rotatable bonds is 4. The highest BCUT2D eigenvalue weighted by molar-refractivity contribution is 7.81. The summed E-state index contributed by atoms with van der Waals surface area (Å²) in [5, 5.41) is 10.1. The highest BCUT2D eigenvalue weighted by Crippen LogP contribution is 2.64. The number of hydrogen-bond donors (Lipinski definition) is 2. The van der Waals surface area contributed by atoms with E-state index in [0.29, 0.717) is 5.41 Å². The van der Waals surface area contributed by atoms with Crippen molar-refractivity contribution in [2.75, 3.05) is 0 Å². The van der Waals surface area contributed by atoms with E-state index in [1.807, 2.05) is 0 Å². The van der Waals surface area contributed by atoms with E-state index in [1.165, 1.54) is 51.4 Å².